The highest BCUT2D eigenvalue weighted by Crippen LogP contribution is 2.21. The molecule has 3 aliphatic heterocycles. The molecule has 0 aliphatic carbocycles. The molecule has 0 spiro atoms. The highest BCUT2D eigenvalue weighted by molar-refractivity contribution is 6.01. The molecule has 0 bridgehead atoms. The average Bonchev–Trinajstić information content (AvgIpc) is 3.58. The van der Waals surface area contributed by atoms with E-state index in [2.05, 4.69) is 20.9 Å². The first kappa shape index (κ1) is 25.9. The topological polar surface area (TPSA) is 120 Å². The Morgan fingerprint density at radius 2 is 1.86 bits per heavy atom. The van der Waals surface area contributed by atoms with Gasteiger partial charge in [-0.2, -0.15) is 0 Å². The molecule has 196 valence electrons. The molecule has 0 aromatic heterocycles. The first-order valence-corrected chi connectivity index (χ1v) is 13.1. The number of nitrogens with one attached hydrogen (secondary N) is 3. The van der Waals surface area contributed by atoms with Gasteiger partial charge >= 0.3 is 0 Å². The maximum absolute atomic E-state index is 13.2. The Kier molecular flexibility index (Phi) is 9.16. The minimum absolute atomic E-state index is 0.179. The fraction of sp³-hybridized carbons (Fsp3) is 0.615. The second-order valence-electron chi connectivity index (χ2n) is 9.66. The number of benzene rings is 1. The third kappa shape index (κ3) is 6.75. The Labute approximate surface area is 212 Å². The molecule has 10 nitrogen and oxygen atoms in total. The van der Waals surface area contributed by atoms with E-state index in [4.69, 9.17) is 4.74 Å². The number of unbranched alkanes of at least 4 members (excludes halogenated alkanes) is 1. The third-order valence-electron chi connectivity index (χ3n) is 7.07. The molecule has 0 radical (unpaired) electrons. The van der Waals surface area contributed by atoms with Crippen LogP contribution in [0.3, 0.4) is 0 Å². The van der Waals surface area contributed by atoms with Crippen molar-refractivity contribution in [1.29, 1.82) is 0 Å². The summed E-state index contributed by atoms with van der Waals surface area (Å²) in [7, 11) is 0. The minimum Gasteiger partial charge on any atom is -0.491 e. The molecule has 1 aromatic carbocycles. The van der Waals surface area contributed by atoms with E-state index in [1.54, 1.807) is 24.3 Å². The number of carbonyl (C=O) groups excluding carboxylic acids is 4. The lowest BCUT2D eigenvalue weighted by Gasteiger charge is -2.27. The molecule has 3 heterocycles. The van der Waals surface area contributed by atoms with Crippen molar-refractivity contribution in [2.75, 3.05) is 45.9 Å². The Morgan fingerprint density at radius 1 is 1.06 bits per heavy atom. The number of para-hydroxylation sites is 1. The maximum Gasteiger partial charge on any atom is 0.255 e. The van der Waals surface area contributed by atoms with E-state index in [0.717, 1.165) is 32.5 Å². The van der Waals surface area contributed by atoms with Crippen LogP contribution in [-0.4, -0.2) is 91.4 Å². The smallest absolute Gasteiger partial charge is 0.255 e. The van der Waals surface area contributed by atoms with Crippen LogP contribution in [0, 0.1) is 0 Å². The number of ether oxygens (including phenoxy) is 1. The van der Waals surface area contributed by atoms with Crippen LogP contribution in [0.15, 0.2) is 24.3 Å². The molecule has 2 atom stereocenters. The van der Waals surface area contributed by atoms with Gasteiger partial charge in [-0.3, -0.25) is 19.2 Å². The van der Waals surface area contributed by atoms with E-state index < -0.39 is 23.9 Å². The third-order valence-corrected chi connectivity index (χ3v) is 7.07. The lowest BCUT2D eigenvalue weighted by atomic mass is 10.1. The normalized spacial score (nSPS) is 23.7. The fourth-order valence-corrected chi connectivity index (χ4v) is 5.11. The van der Waals surface area contributed by atoms with E-state index in [9.17, 15) is 19.2 Å². The van der Waals surface area contributed by atoms with E-state index in [1.807, 2.05) is 0 Å². The molecule has 2 saturated heterocycles. The van der Waals surface area contributed by atoms with Crippen molar-refractivity contribution in [3.63, 3.8) is 0 Å². The molecule has 3 N–H and O–H groups in total. The largest absolute Gasteiger partial charge is 0.491 e. The summed E-state index contributed by atoms with van der Waals surface area (Å²) in [6, 6.07) is 5.12. The van der Waals surface area contributed by atoms with Gasteiger partial charge in [-0.15, -0.1) is 0 Å². The number of hydrogen-bond acceptors (Lipinski definition) is 6. The summed E-state index contributed by atoms with van der Waals surface area (Å²) in [4.78, 5) is 56.1. The van der Waals surface area contributed by atoms with Crippen molar-refractivity contribution in [2.45, 2.75) is 57.0 Å². The van der Waals surface area contributed by atoms with Crippen LogP contribution in [-0.2, 0) is 14.4 Å². The van der Waals surface area contributed by atoms with Crippen molar-refractivity contribution in [3.8, 4) is 5.75 Å². The quantitative estimate of drug-likeness (QED) is 0.495. The molecular weight excluding hydrogens is 462 g/mol. The summed E-state index contributed by atoms with van der Waals surface area (Å²) >= 11 is 0. The maximum atomic E-state index is 13.2. The van der Waals surface area contributed by atoms with Gasteiger partial charge in [0.2, 0.25) is 17.7 Å². The summed E-state index contributed by atoms with van der Waals surface area (Å²) in [6.45, 7) is 4.67. The van der Waals surface area contributed by atoms with Gasteiger partial charge in [0, 0.05) is 13.1 Å². The molecule has 1 aromatic rings. The number of carbonyl (C=O) groups is 4. The molecule has 3 aliphatic rings. The monoisotopic (exact) mass is 499 g/mol. The van der Waals surface area contributed by atoms with Crippen molar-refractivity contribution in [2.24, 2.45) is 0 Å². The van der Waals surface area contributed by atoms with Gasteiger partial charge in [-0.05, 0) is 70.3 Å². The molecule has 0 unspecified atom stereocenters. The Morgan fingerprint density at radius 3 is 2.69 bits per heavy atom. The summed E-state index contributed by atoms with van der Waals surface area (Å²) in [5.41, 5.74) is 0.274. The van der Waals surface area contributed by atoms with Crippen LogP contribution in [0.25, 0.3) is 0 Å². The van der Waals surface area contributed by atoms with Crippen LogP contribution in [0.1, 0.15) is 55.3 Å². The molecular formula is C26H37N5O5. The second kappa shape index (κ2) is 12.7. The summed E-state index contributed by atoms with van der Waals surface area (Å²) in [5.74, 6) is -1.06. The van der Waals surface area contributed by atoms with E-state index >= 15 is 0 Å². The lowest BCUT2D eigenvalue weighted by molar-refractivity contribution is -0.140. The highest BCUT2D eigenvalue weighted by atomic mass is 16.5. The van der Waals surface area contributed by atoms with Gasteiger partial charge in [-0.25, -0.2) is 0 Å². The zero-order chi connectivity index (χ0) is 25.3. The molecule has 4 rings (SSSR count). The van der Waals surface area contributed by atoms with Crippen LogP contribution in [0.5, 0.6) is 5.75 Å². The van der Waals surface area contributed by atoms with E-state index in [0.29, 0.717) is 31.7 Å². The Hall–Kier alpha value is -3.14. The van der Waals surface area contributed by atoms with E-state index in [1.165, 1.54) is 17.7 Å². The van der Waals surface area contributed by atoms with Crippen molar-refractivity contribution in [1.82, 2.24) is 25.8 Å². The fourth-order valence-electron chi connectivity index (χ4n) is 5.11. The predicted octanol–water partition coefficient (Wildman–Crippen LogP) is 0.667. The van der Waals surface area contributed by atoms with Crippen LogP contribution in [0.2, 0.25) is 0 Å². The number of rotatable bonds is 6. The van der Waals surface area contributed by atoms with Gasteiger partial charge in [0.25, 0.3) is 5.91 Å². The number of amides is 4. The highest BCUT2D eigenvalue weighted by Gasteiger charge is 2.36. The van der Waals surface area contributed by atoms with Crippen molar-refractivity contribution >= 4 is 23.6 Å². The zero-order valence-electron chi connectivity index (χ0n) is 20.8. The Balaban J connectivity index is 1.44. The first-order valence-electron chi connectivity index (χ1n) is 13.1. The van der Waals surface area contributed by atoms with Crippen LogP contribution >= 0.6 is 0 Å². The summed E-state index contributed by atoms with van der Waals surface area (Å²) < 4.78 is 5.75. The minimum atomic E-state index is -1.05. The van der Waals surface area contributed by atoms with Crippen molar-refractivity contribution < 1.29 is 23.9 Å². The van der Waals surface area contributed by atoms with Crippen molar-refractivity contribution in [3.05, 3.63) is 29.8 Å². The lowest BCUT2D eigenvalue weighted by Crippen LogP contribution is -2.52. The van der Waals surface area contributed by atoms with Gasteiger partial charge in [0.05, 0.1) is 18.5 Å². The predicted molar refractivity (Wildman–Crippen MR) is 133 cm³/mol. The van der Waals surface area contributed by atoms with Gasteiger partial charge in [0.15, 0.2) is 0 Å². The van der Waals surface area contributed by atoms with Gasteiger partial charge in [0.1, 0.15) is 24.4 Å². The summed E-state index contributed by atoms with van der Waals surface area (Å²) in [6.07, 6.45) is 5.37. The second-order valence-corrected chi connectivity index (χ2v) is 9.66. The molecule has 36 heavy (non-hydrogen) atoms. The molecule has 0 saturated carbocycles. The SMILES string of the molecule is O=C1N[C@H](C(=O)NCCCCN2CCCC2)CC(=O)N2CCC[C@H]2C(=O)NCCOc2ccccc21. The number of nitrogens with zero attached hydrogens (tertiary/aromatic N) is 2. The van der Waals surface area contributed by atoms with Gasteiger partial charge < -0.3 is 30.5 Å². The molecule has 2 fully saturated rings. The van der Waals surface area contributed by atoms with Gasteiger partial charge in [-0.1, -0.05) is 12.1 Å². The number of fused-ring (bicyclic) bond motifs is 2. The Bertz CT molecular complexity index is 948. The number of likely N-dealkylation sites (tertiary alicyclic amines) is 1. The molecule has 4 amide bonds. The van der Waals surface area contributed by atoms with Crippen LogP contribution in [0.4, 0.5) is 0 Å². The van der Waals surface area contributed by atoms with Crippen LogP contribution < -0.4 is 20.7 Å². The zero-order valence-corrected chi connectivity index (χ0v) is 20.8. The molecule has 10 heteroatoms. The first-order chi connectivity index (χ1) is 17.5. The average molecular weight is 500 g/mol. The summed E-state index contributed by atoms with van der Waals surface area (Å²) in [5, 5.41) is 8.46. The number of hydrogen-bond donors (Lipinski definition) is 3. The van der Waals surface area contributed by atoms with E-state index in [-0.39, 0.29) is 37.0 Å². The standard InChI is InChI=1S/C26H37N5O5/c32-23-18-20(25(34)27-11-3-4-13-30-14-5-6-15-30)29-24(33)19-8-1-2-10-22(19)36-17-12-28-26(35)21-9-7-16-31(21)23/h1-2,8,10,20-21H,3-7,9,11-18H2,(H,27,34)(H,28,35)(H,29,33)/t20-,21-/m0/s1.